The fourth-order valence-electron chi connectivity index (χ4n) is 3.83. The smallest absolute Gasteiger partial charge is 0.228 e. The molecule has 0 unspecified atom stereocenters. The van der Waals surface area contributed by atoms with Crippen LogP contribution in [0.1, 0.15) is 36.1 Å². The van der Waals surface area contributed by atoms with Gasteiger partial charge in [-0.1, -0.05) is 30.3 Å². The van der Waals surface area contributed by atoms with E-state index in [4.69, 9.17) is 4.74 Å². The summed E-state index contributed by atoms with van der Waals surface area (Å²) in [5.41, 5.74) is 4.08. The number of para-hydroxylation sites is 1. The van der Waals surface area contributed by atoms with Crippen LogP contribution in [0.15, 0.2) is 42.5 Å². The van der Waals surface area contributed by atoms with E-state index in [-0.39, 0.29) is 30.2 Å². The number of benzene rings is 2. The highest BCUT2D eigenvalue weighted by molar-refractivity contribution is 6.01. The first-order valence-electron chi connectivity index (χ1n) is 9.61. The Balaban J connectivity index is 1.78. The van der Waals surface area contributed by atoms with Crippen molar-refractivity contribution in [3.63, 3.8) is 0 Å². The van der Waals surface area contributed by atoms with Gasteiger partial charge < -0.3 is 14.5 Å². The Morgan fingerprint density at radius 2 is 1.89 bits per heavy atom. The van der Waals surface area contributed by atoms with E-state index in [2.05, 4.69) is 0 Å². The summed E-state index contributed by atoms with van der Waals surface area (Å²) in [5, 5.41) is 0. The van der Waals surface area contributed by atoms with E-state index in [1.807, 2.05) is 63.2 Å². The van der Waals surface area contributed by atoms with Gasteiger partial charge in [0.05, 0.1) is 19.1 Å². The third-order valence-corrected chi connectivity index (χ3v) is 5.86. The van der Waals surface area contributed by atoms with Crippen LogP contribution in [0, 0.1) is 19.8 Å². The van der Waals surface area contributed by atoms with Gasteiger partial charge in [0.2, 0.25) is 11.8 Å². The number of ether oxygens (including phenoxy) is 1. The largest absolute Gasteiger partial charge is 0.496 e. The number of aryl methyl sites for hydroxylation is 1. The number of rotatable bonds is 5. The van der Waals surface area contributed by atoms with Crippen LogP contribution in [0.4, 0.5) is 5.69 Å². The molecule has 0 radical (unpaired) electrons. The van der Waals surface area contributed by atoms with Gasteiger partial charge in [0.25, 0.3) is 0 Å². The number of anilines is 1. The summed E-state index contributed by atoms with van der Waals surface area (Å²) in [6.45, 7) is 6.45. The minimum atomic E-state index is -0.338. The molecule has 3 rings (SSSR count). The monoisotopic (exact) mass is 380 g/mol. The number of amides is 2. The SMILES string of the molecule is COc1ccccc1[C@@H](C)N(C)C(=O)[C@H]1CC(=O)N(c2cccc(C)c2C)C1. The van der Waals surface area contributed by atoms with Gasteiger partial charge in [-0.05, 0) is 44.0 Å². The number of carbonyl (C=O) groups is 2. The Morgan fingerprint density at radius 3 is 2.61 bits per heavy atom. The van der Waals surface area contributed by atoms with Crippen LogP contribution in [-0.4, -0.2) is 37.4 Å². The molecule has 0 bridgehead atoms. The van der Waals surface area contributed by atoms with E-state index in [1.54, 1.807) is 24.0 Å². The summed E-state index contributed by atoms with van der Waals surface area (Å²) in [5.74, 6) is 0.411. The van der Waals surface area contributed by atoms with E-state index in [0.717, 1.165) is 28.1 Å². The number of hydrogen-bond acceptors (Lipinski definition) is 3. The van der Waals surface area contributed by atoms with Crippen molar-refractivity contribution in [3.05, 3.63) is 59.2 Å². The molecule has 28 heavy (non-hydrogen) atoms. The number of methoxy groups -OCH3 is 1. The lowest BCUT2D eigenvalue weighted by atomic mass is 10.0. The van der Waals surface area contributed by atoms with Gasteiger partial charge in [-0.25, -0.2) is 0 Å². The summed E-state index contributed by atoms with van der Waals surface area (Å²) in [4.78, 5) is 29.3. The van der Waals surface area contributed by atoms with Crippen LogP contribution < -0.4 is 9.64 Å². The standard InChI is InChI=1S/C23H28N2O3/c1-15-9-8-11-20(16(15)2)25-14-18(13-22(25)26)23(27)24(4)17(3)19-10-6-7-12-21(19)28-5/h6-12,17-18H,13-14H2,1-5H3/t17-,18+/m1/s1. The quantitative estimate of drug-likeness (QED) is 0.791. The van der Waals surface area contributed by atoms with Crippen molar-refractivity contribution in [2.24, 2.45) is 5.92 Å². The zero-order chi connectivity index (χ0) is 20.4. The average molecular weight is 380 g/mol. The fourth-order valence-corrected chi connectivity index (χ4v) is 3.83. The van der Waals surface area contributed by atoms with Gasteiger partial charge in [0.1, 0.15) is 5.75 Å². The maximum atomic E-state index is 13.1. The Hall–Kier alpha value is -2.82. The van der Waals surface area contributed by atoms with Gasteiger partial charge in [0, 0.05) is 31.3 Å². The molecule has 2 aromatic carbocycles. The van der Waals surface area contributed by atoms with Crippen LogP contribution in [-0.2, 0) is 9.59 Å². The fraction of sp³-hybridized carbons (Fsp3) is 0.391. The minimum absolute atomic E-state index is 0.00500. The highest BCUT2D eigenvalue weighted by Crippen LogP contribution is 2.33. The van der Waals surface area contributed by atoms with E-state index in [0.29, 0.717) is 6.54 Å². The van der Waals surface area contributed by atoms with Crippen molar-refractivity contribution in [2.45, 2.75) is 33.2 Å². The van der Waals surface area contributed by atoms with Crippen LogP contribution in [0.3, 0.4) is 0 Å². The van der Waals surface area contributed by atoms with Crippen molar-refractivity contribution in [2.75, 3.05) is 25.6 Å². The molecule has 2 amide bonds. The lowest BCUT2D eigenvalue weighted by Gasteiger charge is -2.29. The van der Waals surface area contributed by atoms with Gasteiger partial charge in [-0.3, -0.25) is 9.59 Å². The second kappa shape index (κ2) is 8.05. The molecule has 5 nitrogen and oxygen atoms in total. The molecule has 1 aliphatic heterocycles. The zero-order valence-corrected chi connectivity index (χ0v) is 17.2. The maximum Gasteiger partial charge on any atom is 0.228 e. The van der Waals surface area contributed by atoms with Crippen LogP contribution in [0.2, 0.25) is 0 Å². The van der Waals surface area contributed by atoms with Crippen LogP contribution in [0.5, 0.6) is 5.75 Å². The summed E-state index contributed by atoms with van der Waals surface area (Å²) in [7, 11) is 3.43. The van der Waals surface area contributed by atoms with Gasteiger partial charge in [0.15, 0.2) is 0 Å². The molecule has 1 saturated heterocycles. The van der Waals surface area contributed by atoms with Crippen molar-refractivity contribution < 1.29 is 14.3 Å². The predicted octanol–water partition coefficient (Wildman–Crippen LogP) is 3.88. The number of hydrogen-bond donors (Lipinski definition) is 0. The van der Waals surface area contributed by atoms with Crippen molar-refractivity contribution in [1.29, 1.82) is 0 Å². The van der Waals surface area contributed by atoms with Crippen LogP contribution in [0.25, 0.3) is 0 Å². The first-order valence-corrected chi connectivity index (χ1v) is 9.61. The predicted molar refractivity (Wildman–Crippen MR) is 111 cm³/mol. The Kier molecular flexibility index (Phi) is 5.73. The van der Waals surface area contributed by atoms with Gasteiger partial charge in [-0.15, -0.1) is 0 Å². The molecule has 1 heterocycles. The average Bonchev–Trinajstić information content (AvgIpc) is 3.09. The first-order chi connectivity index (χ1) is 13.3. The molecule has 0 spiro atoms. The third-order valence-electron chi connectivity index (χ3n) is 5.86. The zero-order valence-electron chi connectivity index (χ0n) is 17.2. The van der Waals surface area contributed by atoms with Crippen molar-refractivity contribution >= 4 is 17.5 Å². The molecular formula is C23H28N2O3. The van der Waals surface area contributed by atoms with E-state index in [1.165, 1.54) is 0 Å². The van der Waals surface area contributed by atoms with Gasteiger partial charge >= 0.3 is 0 Å². The lowest BCUT2D eigenvalue weighted by Crippen LogP contribution is -2.36. The van der Waals surface area contributed by atoms with Crippen molar-refractivity contribution in [1.82, 2.24) is 4.90 Å². The second-order valence-electron chi connectivity index (χ2n) is 7.49. The lowest BCUT2D eigenvalue weighted by molar-refractivity contribution is -0.136. The van der Waals surface area contributed by atoms with E-state index < -0.39 is 0 Å². The normalized spacial score (nSPS) is 17.5. The summed E-state index contributed by atoms with van der Waals surface area (Å²) in [6.07, 6.45) is 0.245. The van der Waals surface area contributed by atoms with Crippen molar-refractivity contribution in [3.8, 4) is 5.75 Å². The summed E-state index contributed by atoms with van der Waals surface area (Å²) >= 11 is 0. The number of carbonyl (C=O) groups excluding carboxylic acids is 2. The van der Waals surface area contributed by atoms with Gasteiger partial charge in [-0.2, -0.15) is 0 Å². The molecular weight excluding hydrogens is 352 g/mol. The summed E-state index contributed by atoms with van der Waals surface area (Å²) < 4.78 is 5.44. The number of nitrogens with zero attached hydrogens (tertiary/aromatic N) is 2. The first kappa shape index (κ1) is 19.9. The second-order valence-corrected chi connectivity index (χ2v) is 7.49. The molecule has 2 atom stereocenters. The third kappa shape index (κ3) is 3.61. The Labute approximate surface area is 166 Å². The molecule has 148 valence electrons. The van der Waals surface area contributed by atoms with E-state index >= 15 is 0 Å². The molecule has 5 heteroatoms. The summed E-state index contributed by atoms with van der Waals surface area (Å²) in [6, 6.07) is 13.5. The molecule has 1 aliphatic rings. The molecule has 0 N–H and O–H groups in total. The van der Waals surface area contributed by atoms with E-state index in [9.17, 15) is 9.59 Å². The molecule has 1 fully saturated rings. The minimum Gasteiger partial charge on any atom is -0.496 e. The molecule has 0 aliphatic carbocycles. The Morgan fingerprint density at radius 1 is 1.18 bits per heavy atom. The molecule has 2 aromatic rings. The molecule has 0 aromatic heterocycles. The van der Waals surface area contributed by atoms with Crippen LogP contribution >= 0.6 is 0 Å². The molecule has 0 saturated carbocycles. The topological polar surface area (TPSA) is 49.9 Å². The Bertz CT molecular complexity index is 893. The highest BCUT2D eigenvalue weighted by Gasteiger charge is 2.38. The highest BCUT2D eigenvalue weighted by atomic mass is 16.5. The maximum absolute atomic E-state index is 13.1.